The van der Waals surface area contributed by atoms with Crippen molar-refractivity contribution in [3.05, 3.63) is 89.1 Å². The van der Waals surface area contributed by atoms with Gasteiger partial charge in [-0.25, -0.2) is 4.98 Å². The molecule has 1 N–H and O–H groups in total. The molecule has 0 fully saturated rings. The quantitative estimate of drug-likeness (QED) is 0.315. The number of rotatable bonds is 7. The maximum absolute atomic E-state index is 13.1. The molecular formula is C24H19F6N5. The Balaban J connectivity index is 1.60. The zero-order chi connectivity index (χ0) is 25.1. The number of benzene rings is 2. The molecule has 11 heteroatoms. The van der Waals surface area contributed by atoms with Crippen LogP contribution in [0.2, 0.25) is 0 Å². The predicted octanol–water partition coefficient (Wildman–Crippen LogP) is 6.14. The number of pyridine rings is 1. The molecule has 4 aromatic rings. The molecule has 2 heterocycles. The van der Waals surface area contributed by atoms with Crippen molar-refractivity contribution in [2.24, 2.45) is 0 Å². The first-order valence-corrected chi connectivity index (χ1v) is 10.6. The van der Waals surface area contributed by atoms with Crippen LogP contribution in [0.1, 0.15) is 34.8 Å². The summed E-state index contributed by atoms with van der Waals surface area (Å²) in [5, 5.41) is 3.90. The molecule has 2 aromatic carbocycles. The lowest BCUT2D eigenvalue weighted by Gasteiger charge is -2.12. The zero-order valence-corrected chi connectivity index (χ0v) is 18.2. The number of anilines is 1. The van der Waals surface area contributed by atoms with Crippen LogP contribution in [-0.2, 0) is 25.6 Å². The van der Waals surface area contributed by atoms with E-state index in [0.717, 1.165) is 28.6 Å². The fraction of sp³-hybridized carbons (Fsp3) is 0.250. The van der Waals surface area contributed by atoms with Gasteiger partial charge >= 0.3 is 12.4 Å². The maximum Gasteiger partial charge on any atom is 0.416 e. The largest absolute Gasteiger partial charge is 0.416 e. The molecule has 0 aliphatic rings. The van der Waals surface area contributed by atoms with Crippen molar-refractivity contribution in [3.8, 4) is 0 Å². The highest BCUT2D eigenvalue weighted by Gasteiger charge is 2.30. The molecule has 0 spiro atoms. The molecule has 0 saturated carbocycles. The van der Waals surface area contributed by atoms with Crippen molar-refractivity contribution in [2.75, 3.05) is 5.32 Å². The fourth-order valence-electron chi connectivity index (χ4n) is 3.52. The molecular weight excluding hydrogens is 472 g/mol. The first-order chi connectivity index (χ1) is 16.6. The number of hydrogen-bond donors (Lipinski definition) is 1. The average Bonchev–Trinajstić information content (AvgIpc) is 2.80. The van der Waals surface area contributed by atoms with Crippen LogP contribution in [0.4, 0.5) is 32.3 Å². The number of halogens is 6. The number of nitrogens with zero attached hydrogens (tertiary/aromatic N) is 4. The Morgan fingerprint density at radius 3 is 2.31 bits per heavy atom. The second-order valence-corrected chi connectivity index (χ2v) is 7.83. The van der Waals surface area contributed by atoms with E-state index in [1.54, 1.807) is 12.3 Å². The number of para-hydroxylation sites is 1. The van der Waals surface area contributed by atoms with Crippen LogP contribution in [0.5, 0.6) is 0 Å². The third-order valence-electron chi connectivity index (χ3n) is 5.13. The van der Waals surface area contributed by atoms with Crippen LogP contribution < -0.4 is 5.32 Å². The summed E-state index contributed by atoms with van der Waals surface area (Å²) in [5.74, 6) is -0.0000240. The van der Waals surface area contributed by atoms with Gasteiger partial charge in [0.25, 0.3) is 0 Å². The second kappa shape index (κ2) is 9.85. The van der Waals surface area contributed by atoms with Gasteiger partial charge in [-0.3, -0.25) is 4.98 Å². The molecule has 0 atom stereocenters. The van der Waals surface area contributed by atoms with Crippen molar-refractivity contribution in [1.82, 2.24) is 19.9 Å². The monoisotopic (exact) mass is 491 g/mol. The summed E-state index contributed by atoms with van der Waals surface area (Å²) in [6.07, 6.45) is -8.99. The molecule has 5 nitrogen and oxygen atoms in total. The first kappa shape index (κ1) is 24.4. The van der Waals surface area contributed by atoms with E-state index in [0.29, 0.717) is 0 Å². The van der Waals surface area contributed by atoms with Gasteiger partial charge in [0.1, 0.15) is 11.6 Å². The Bertz CT molecular complexity index is 1310. The standard InChI is InChI=1S/C24H19F6N5/c25-23(26,27)10-9-19-33-20(13-15-4-1-8-18(12-15)24(28,29)30)35-22(34-19)32-14-17-6-2-5-16-7-3-11-31-21(16)17/h1-8,11-12H,9-10,13-14H2,(H,32,33,34,35). The van der Waals surface area contributed by atoms with E-state index in [9.17, 15) is 26.3 Å². The van der Waals surface area contributed by atoms with E-state index < -0.39 is 30.8 Å². The number of aromatic nitrogens is 4. The predicted molar refractivity (Wildman–Crippen MR) is 118 cm³/mol. The number of fused-ring (bicyclic) bond motifs is 1. The van der Waals surface area contributed by atoms with Crippen molar-refractivity contribution in [3.63, 3.8) is 0 Å². The summed E-state index contributed by atoms with van der Waals surface area (Å²) in [7, 11) is 0. The highest BCUT2D eigenvalue weighted by Crippen LogP contribution is 2.30. The van der Waals surface area contributed by atoms with E-state index >= 15 is 0 Å². The van der Waals surface area contributed by atoms with E-state index in [1.807, 2.05) is 24.3 Å². The van der Waals surface area contributed by atoms with Crippen LogP contribution in [0.25, 0.3) is 10.9 Å². The lowest BCUT2D eigenvalue weighted by Crippen LogP contribution is -2.14. The van der Waals surface area contributed by atoms with Crippen molar-refractivity contribution in [2.45, 2.75) is 38.2 Å². The summed E-state index contributed by atoms with van der Waals surface area (Å²) in [6.45, 7) is 0.236. The number of alkyl halides is 6. The van der Waals surface area contributed by atoms with Crippen LogP contribution >= 0.6 is 0 Å². The van der Waals surface area contributed by atoms with Gasteiger partial charge in [0.15, 0.2) is 0 Å². The number of nitrogens with one attached hydrogen (secondary N) is 1. The summed E-state index contributed by atoms with van der Waals surface area (Å²) in [5.41, 5.74) is 1.01. The lowest BCUT2D eigenvalue weighted by atomic mass is 10.1. The third-order valence-corrected chi connectivity index (χ3v) is 5.13. The van der Waals surface area contributed by atoms with Crippen LogP contribution in [-0.4, -0.2) is 26.1 Å². The lowest BCUT2D eigenvalue weighted by molar-refractivity contribution is -0.137. The number of aryl methyl sites for hydroxylation is 1. The molecule has 4 rings (SSSR count). The second-order valence-electron chi connectivity index (χ2n) is 7.83. The van der Waals surface area contributed by atoms with Gasteiger partial charge in [-0.15, -0.1) is 0 Å². The maximum atomic E-state index is 13.1. The normalized spacial score (nSPS) is 12.2. The highest BCUT2D eigenvalue weighted by molar-refractivity contribution is 5.81. The molecule has 0 bridgehead atoms. The van der Waals surface area contributed by atoms with E-state index in [1.165, 1.54) is 12.1 Å². The first-order valence-electron chi connectivity index (χ1n) is 10.6. The van der Waals surface area contributed by atoms with Gasteiger partial charge < -0.3 is 5.32 Å². The Morgan fingerprint density at radius 1 is 0.800 bits per heavy atom. The van der Waals surface area contributed by atoms with Gasteiger partial charge in [0, 0.05) is 31.0 Å². The Labute approximate surface area is 196 Å². The minimum atomic E-state index is -4.52. The van der Waals surface area contributed by atoms with Crippen molar-refractivity contribution >= 4 is 16.9 Å². The summed E-state index contributed by atoms with van der Waals surface area (Å²) >= 11 is 0. The molecule has 182 valence electrons. The minimum absolute atomic E-state index is 0.0343. The molecule has 0 amide bonds. The highest BCUT2D eigenvalue weighted by atomic mass is 19.4. The molecule has 0 aliphatic heterocycles. The van der Waals surface area contributed by atoms with Gasteiger partial charge in [-0.1, -0.05) is 42.5 Å². The topological polar surface area (TPSA) is 63.6 Å². The van der Waals surface area contributed by atoms with Crippen LogP contribution in [0, 0.1) is 0 Å². The minimum Gasteiger partial charge on any atom is -0.350 e. The molecule has 2 aromatic heterocycles. The smallest absolute Gasteiger partial charge is 0.350 e. The van der Waals surface area contributed by atoms with Gasteiger partial charge in [0.05, 0.1) is 17.5 Å². The fourth-order valence-corrected chi connectivity index (χ4v) is 3.52. The molecule has 0 radical (unpaired) electrons. The summed E-state index contributed by atoms with van der Waals surface area (Å²) < 4.78 is 77.5. The third kappa shape index (κ3) is 6.65. The Morgan fingerprint density at radius 2 is 1.54 bits per heavy atom. The Hall–Kier alpha value is -3.76. The Kier molecular flexibility index (Phi) is 6.86. The summed E-state index contributed by atoms with van der Waals surface area (Å²) in [4.78, 5) is 16.8. The SMILES string of the molecule is FC(F)(F)CCc1nc(Cc2cccc(C(F)(F)F)c2)nc(NCc2cccc3cccnc23)n1. The van der Waals surface area contributed by atoms with Crippen LogP contribution in [0.3, 0.4) is 0 Å². The number of hydrogen-bond acceptors (Lipinski definition) is 5. The van der Waals surface area contributed by atoms with Gasteiger partial charge in [-0.2, -0.15) is 36.3 Å². The molecule has 35 heavy (non-hydrogen) atoms. The molecule has 0 saturated heterocycles. The zero-order valence-electron chi connectivity index (χ0n) is 18.2. The molecule has 0 aliphatic carbocycles. The van der Waals surface area contributed by atoms with Crippen molar-refractivity contribution in [1.29, 1.82) is 0 Å². The van der Waals surface area contributed by atoms with E-state index in [-0.39, 0.29) is 36.1 Å². The summed E-state index contributed by atoms with van der Waals surface area (Å²) in [6, 6.07) is 13.9. The molecule has 0 unspecified atom stereocenters. The van der Waals surface area contributed by atoms with Crippen molar-refractivity contribution < 1.29 is 26.3 Å². The van der Waals surface area contributed by atoms with E-state index in [4.69, 9.17) is 0 Å². The van der Waals surface area contributed by atoms with Crippen LogP contribution in [0.15, 0.2) is 60.8 Å². The average molecular weight is 491 g/mol. The van der Waals surface area contributed by atoms with Gasteiger partial charge in [-0.05, 0) is 23.3 Å². The van der Waals surface area contributed by atoms with E-state index in [2.05, 4.69) is 25.3 Å². The van der Waals surface area contributed by atoms with Gasteiger partial charge in [0.2, 0.25) is 5.95 Å².